The molecule has 0 aliphatic carbocycles. The minimum atomic E-state index is 0. The van der Waals surface area contributed by atoms with Gasteiger partial charge < -0.3 is 10.6 Å². The Hall–Kier alpha value is -1.05. The first kappa shape index (κ1) is 19.0. The van der Waals surface area contributed by atoms with Gasteiger partial charge in [-0.15, -0.1) is 24.0 Å². The summed E-state index contributed by atoms with van der Waals surface area (Å²) in [5.74, 6) is 0.722. The highest BCUT2D eigenvalue weighted by molar-refractivity contribution is 14.0. The summed E-state index contributed by atoms with van der Waals surface area (Å²) in [6.07, 6.45) is 1.74. The highest BCUT2D eigenvalue weighted by Crippen LogP contribution is 2.09. The first-order chi connectivity index (χ1) is 10.2. The van der Waals surface area contributed by atoms with E-state index in [9.17, 15) is 0 Å². The van der Waals surface area contributed by atoms with Gasteiger partial charge in [-0.25, -0.2) is 4.98 Å². The fourth-order valence-electron chi connectivity index (χ4n) is 1.71. The van der Waals surface area contributed by atoms with Crippen LogP contribution in [0.4, 0.5) is 0 Å². The molecule has 1 aromatic carbocycles. The van der Waals surface area contributed by atoms with Crippen molar-refractivity contribution < 1.29 is 0 Å². The Kier molecular flexibility index (Phi) is 8.52. The van der Waals surface area contributed by atoms with E-state index in [0.29, 0.717) is 18.2 Å². The largest absolute Gasteiger partial charge is 0.352 e. The quantitative estimate of drug-likeness (QED) is 0.321. The lowest BCUT2D eigenvalue weighted by Crippen LogP contribution is -2.36. The molecule has 0 aliphatic heterocycles. The molecule has 0 atom stereocenters. The maximum atomic E-state index is 5.86. The van der Waals surface area contributed by atoms with E-state index in [2.05, 4.69) is 20.6 Å². The summed E-state index contributed by atoms with van der Waals surface area (Å²) < 4.78 is 0. The number of pyridine rings is 1. The molecule has 0 radical (unpaired) electrons. The zero-order valence-electron chi connectivity index (χ0n) is 12.0. The van der Waals surface area contributed by atoms with Crippen LogP contribution in [0.2, 0.25) is 10.2 Å². The molecular formula is C15H17Cl2IN4. The standard InChI is InChI=1S/C15H16Cl2N4.HI/c1-18-15(20-8-11-2-5-13(16)6-3-11)21-10-12-4-7-14(17)19-9-12;/h2-7,9H,8,10H2,1H3,(H2,18,20,21);1H. The topological polar surface area (TPSA) is 49.3 Å². The van der Waals surface area contributed by atoms with Gasteiger partial charge >= 0.3 is 0 Å². The fraction of sp³-hybridized carbons (Fsp3) is 0.200. The van der Waals surface area contributed by atoms with Crippen LogP contribution in [0.1, 0.15) is 11.1 Å². The summed E-state index contributed by atoms with van der Waals surface area (Å²) in [6.45, 7) is 1.31. The summed E-state index contributed by atoms with van der Waals surface area (Å²) in [7, 11) is 1.73. The van der Waals surface area contributed by atoms with Gasteiger partial charge in [-0.2, -0.15) is 0 Å². The minimum Gasteiger partial charge on any atom is -0.352 e. The van der Waals surface area contributed by atoms with Crippen molar-refractivity contribution in [1.82, 2.24) is 15.6 Å². The van der Waals surface area contributed by atoms with E-state index in [4.69, 9.17) is 23.2 Å². The van der Waals surface area contributed by atoms with E-state index < -0.39 is 0 Å². The number of nitrogens with zero attached hydrogens (tertiary/aromatic N) is 2. The number of hydrogen-bond acceptors (Lipinski definition) is 2. The summed E-state index contributed by atoms with van der Waals surface area (Å²) in [5, 5.41) is 7.68. The van der Waals surface area contributed by atoms with Gasteiger partial charge in [0.05, 0.1) is 0 Å². The summed E-state index contributed by atoms with van der Waals surface area (Å²) in [5.41, 5.74) is 2.17. The van der Waals surface area contributed by atoms with Gasteiger partial charge in [0.2, 0.25) is 0 Å². The van der Waals surface area contributed by atoms with E-state index >= 15 is 0 Å². The number of rotatable bonds is 4. The van der Waals surface area contributed by atoms with Crippen LogP contribution in [0, 0.1) is 0 Å². The molecule has 1 aromatic heterocycles. The minimum absolute atomic E-state index is 0. The molecule has 118 valence electrons. The second-order valence-electron chi connectivity index (χ2n) is 4.39. The predicted molar refractivity (Wildman–Crippen MR) is 103 cm³/mol. The molecule has 2 N–H and O–H groups in total. The molecule has 2 aromatic rings. The van der Waals surface area contributed by atoms with Crippen molar-refractivity contribution in [3.63, 3.8) is 0 Å². The average molecular weight is 451 g/mol. The zero-order valence-corrected chi connectivity index (χ0v) is 15.9. The van der Waals surface area contributed by atoms with Crippen LogP contribution in [0.5, 0.6) is 0 Å². The highest BCUT2D eigenvalue weighted by Gasteiger charge is 2.00. The van der Waals surface area contributed by atoms with Crippen molar-refractivity contribution in [2.24, 2.45) is 4.99 Å². The number of aromatic nitrogens is 1. The molecule has 22 heavy (non-hydrogen) atoms. The monoisotopic (exact) mass is 450 g/mol. The molecule has 1 heterocycles. The molecule has 0 unspecified atom stereocenters. The number of halogens is 3. The third kappa shape index (κ3) is 6.37. The first-order valence-corrected chi connectivity index (χ1v) is 7.22. The van der Waals surface area contributed by atoms with Gasteiger partial charge in [0.15, 0.2) is 5.96 Å². The fourth-order valence-corrected chi connectivity index (χ4v) is 1.94. The molecule has 0 aliphatic rings. The maximum Gasteiger partial charge on any atom is 0.191 e. The highest BCUT2D eigenvalue weighted by atomic mass is 127. The van der Waals surface area contributed by atoms with Gasteiger partial charge in [-0.3, -0.25) is 4.99 Å². The lowest BCUT2D eigenvalue weighted by Gasteiger charge is -2.12. The molecule has 0 amide bonds. The Balaban J connectivity index is 0.00000242. The van der Waals surface area contributed by atoms with Crippen LogP contribution < -0.4 is 10.6 Å². The van der Waals surface area contributed by atoms with Gasteiger partial charge in [0.1, 0.15) is 5.15 Å². The Morgan fingerprint density at radius 1 is 1.00 bits per heavy atom. The number of nitrogens with one attached hydrogen (secondary N) is 2. The summed E-state index contributed by atoms with van der Waals surface area (Å²) in [6, 6.07) is 11.4. The van der Waals surface area contributed by atoms with E-state index in [1.807, 2.05) is 30.3 Å². The van der Waals surface area contributed by atoms with Crippen LogP contribution in [0.3, 0.4) is 0 Å². The predicted octanol–water partition coefficient (Wildman–Crippen LogP) is 3.87. The van der Waals surface area contributed by atoms with Crippen molar-refractivity contribution in [3.05, 3.63) is 63.9 Å². The second-order valence-corrected chi connectivity index (χ2v) is 5.22. The molecule has 0 saturated carbocycles. The Bertz CT molecular complexity index is 548. The number of guanidine groups is 1. The van der Waals surface area contributed by atoms with E-state index in [0.717, 1.165) is 22.1 Å². The summed E-state index contributed by atoms with van der Waals surface area (Å²) in [4.78, 5) is 8.21. The smallest absolute Gasteiger partial charge is 0.191 e. The molecule has 2 rings (SSSR count). The number of aliphatic imine (C=N–C) groups is 1. The van der Waals surface area contributed by atoms with Crippen LogP contribution in [-0.2, 0) is 13.1 Å². The first-order valence-electron chi connectivity index (χ1n) is 6.47. The molecule has 4 nitrogen and oxygen atoms in total. The van der Waals surface area contributed by atoms with E-state index in [1.165, 1.54) is 0 Å². The average Bonchev–Trinajstić information content (AvgIpc) is 2.51. The normalized spacial score (nSPS) is 10.8. The maximum absolute atomic E-state index is 5.86. The van der Waals surface area contributed by atoms with Crippen LogP contribution >= 0.6 is 47.2 Å². The van der Waals surface area contributed by atoms with Crippen LogP contribution in [0.25, 0.3) is 0 Å². The molecule has 0 saturated heterocycles. The molecule has 0 bridgehead atoms. The Morgan fingerprint density at radius 3 is 2.14 bits per heavy atom. The van der Waals surface area contributed by atoms with E-state index in [-0.39, 0.29) is 24.0 Å². The van der Waals surface area contributed by atoms with Crippen LogP contribution in [0.15, 0.2) is 47.6 Å². The third-order valence-electron chi connectivity index (χ3n) is 2.85. The van der Waals surface area contributed by atoms with Gasteiger partial charge in [-0.05, 0) is 29.3 Å². The lowest BCUT2D eigenvalue weighted by molar-refractivity contribution is 0.807. The van der Waals surface area contributed by atoms with Crippen molar-refractivity contribution in [2.45, 2.75) is 13.1 Å². The molecule has 7 heteroatoms. The van der Waals surface area contributed by atoms with Crippen molar-refractivity contribution >= 4 is 53.1 Å². The molecule has 0 fully saturated rings. The Morgan fingerprint density at radius 2 is 1.59 bits per heavy atom. The zero-order chi connectivity index (χ0) is 15.1. The molecular weight excluding hydrogens is 434 g/mol. The van der Waals surface area contributed by atoms with Gasteiger partial charge in [0.25, 0.3) is 0 Å². The SMILES string of the molecule is CN=C(NCc1ccc(Cl)cc1)NCc1ccc(Cl)nc1.I. The molecule has 0 spiro atoms. The number of benzene rings is 1. The van der Waals surface area contributed by atoms with Gasteiger partial charge in [0, 0.05) is 31.4 Å². The third-order valence-corrected chi connectivity index (χ3v) is 3.32. The van der Waals surface area contributed by atoms with Crippen molar-refractivity contribution in [1.29, 1.82) is 0 Å². The summed E-state index contributed by atoms with van der Waals surface area (Å²) >= 11 is 11.6. The Labute approximate surface area is 157 Å². The van der Waals surface area contributed by atoms with Gasteiger partial charge in [-0.1, -0.05) is 41.4 Å². The van der Waals surface area contributed by atoms with Crippen molar-refractivity contribution in [3.8, 4) is 0 Å². The second kappa shape index (κ2) is 9.86. The number of hydrogen-bond donors (Lipinski definition) is 2. The van der Waals surface area contributed by atoms with E-state index in [1.54, 1.807) is 19.3 Å². The van der Waals surface area contributed by atoms with Crippen LogP contribution in [-0.4, -0.2) is 18.0 Å². The van der Waals surface area contributed by atoms with Crippen molar-refractivity contribution in [2.75, 3.05) is 7.05 Å². The lowest BCUT2D eigenvalue weighted by atomic mass is 10.2.